The summed E-state index contributed by atoms with van der Waals surface area (Å²) in [5.74, 6) is -0.215. The van der Waals surface area contributed by atoms with Gasteiger partial charge in [0.05, 0.1) is 5.56 Å². The van der Waals surface area contributed by atoms with Crippen LogP contribution in [0.5, 0.6) is 0 Å². The van der Waals surface area contributed by atoms with Crippen molar-refractivity contribution in [1.82, 2.24) is 10.2 Å². The lowest BCUT2D eigenvalue weighted by Gasteiger charge is -2.36. The molecular weight excluding hydrogens is 400 g/mol. The highest BCUT2D eigenvalue weighted by Crippen LogP contribution is 2.45. The number of anilines is 1. The summed E-state index contributed by atoms with van der Waals surface area (Å²) in [6.07, 6.45) is 6.05. The van der Waals surface area contributed by atoms with E-state index in [1.165, 1.54) is 16.2 Å². The number of nitrogens with zero attached hydrogens (tertiary/aromatic N) is 2. The van der Waals surface area contributed by atoms with Crippen molar-refractivity contribution in [2.75, 3.05) is 11.9 Å². The molecule has 1 aromatic heterocycles. The molecule has 0 aromatic carbocycles. The van der Waals surface area contributed by atoms with Crippen LogP contribution in [0.25, 0.3) is 0 Å². The molecule has 2 aliphatic carbocycles. The van der Waals surface area contributed by atoms with Crippen LogP contribution < -0.4 is 10.6 Å². The van der Waals surface area contributed by atoms with Crippen LogP contribution in [-0.2, 0) is 22.4 Å². The number of imide groups is 1. The summed E-state index contributed by atoms with van der Waals surface area (Å²) in [6, 6.07) is 1.75. The Bertz CT molecular complexity index is 954. The quantitative estimate of drug-likeness (QED) is 0.700. The number of hydrogen-bond donors (Lipinski definition) is 2. The first kappa shape index (κ1) is 20.9. The Kier molecular flexibility index (Phi) is 5.13. The number of fused-ring (bicyclic) bond motifs is 1. The molecule has 1 saturated heterocycles. The van der Waals surface area contributed by atoms with Crippen molar-refractivity contribution >= 4 is 34.2 Å². The Morgan fingerprint density at radius 3 is 2.70 bits per heavy atom. The van der Waals surface area contributed by atoms with Gasteiger partial charge in [0.1, 0.15) is 23.2 Å². The van der Waals surface area contributed by atoms with E-state index in [9.17, 15) is 19.6 Å². The second-order valence-corrected chi connectivity index (χ2v) is 10.5. The number of amides is 4. The minimum Gasteiger partial charge on any atom is -0.323 e. The summed E-state index contributed by atoms with van der Waals surface area (Å²) in [7, 11) is 0. The van der Waals surface area contributed by atoms with Crippen LogP contribution in [0, 0.1) is 22.7 Å². The summed E-state index contributed by atoms with van der Waals surface area (Å²) in [6.45, 7) is 6.46. The molecule has 2 heterocycles. The summed E-state index contributed by atoms with van der Waals surface area (Å²) in [4.78, 5) is 39.6. The van der Waals surface area contributed by atoms with Crippen LogP contribution in [0.1, 0.15) is 68.9 Å². The SMILES string of the molecule is CCC(C)(C)C1CCc2c(sc(NC(=O)CN3C(=O)NC4(CCC4)C3=O)c2C#N)C1. The topological polar surface area (TPSA) is 102 Å². The minimum absolute atomic E-state index is 0.235. The molecule has 2 N–H and O–H groups in total. The lowest BCUT2D eigenvalue weighted by molar-refractivity contribution is -0.136. The van der Waals surface area contributed by atoms with Crippen LogP contribution in [0.15, 0.2) is 0 Å². The van der Waals surface area contributed by atoms with Crippen molar-refractivity contribution in [3.8, 4) is 6.07 Å². The lowest BCUT2D eigenvalue weighted by atomic mass is 9.69. The van der Waals surface area contributed by atoms with Crippen molar-refractivity contribution in [1.29, 1.82) is 5.26 Å². The molecule has 3 aliphatic rings. The maximum atomic E-state index is 12.6. The van der Waals surface area contributed by atoms with E-state index in [0.717, 1.165) is 42.6 Å². The fraction of sp³-hybridized carbons (Fsp3) is 0.636. The van der Waals surface area contributed by atoms with Gasteiger partial charge in [0.2, 0.25) is 5.91 Å². The van der Waals surface area contributed by atoms with Gasteiger partial charge in [0.25, 0.3) is 5.91 Å². The second kappa shape index (κ2) is 7.38. The first-order valence-corrected chi connectivity index (χ1v) is 11.5. The van der Waals surface area contributed by atoms with E-state index in [-0.39, 0.29) is 17.9 Å². The highest BCUT2D eigenvalue weighted by molar-refractivity contribution is 7.16. The van der Waals surface area contributed by atoms with Crippen molar-refractivity contribution < 1.29 is 14.4 Å². The van der Waals surface area contributed by atoms with Crippen molar-refractivity contribution in [2.24, 2.45) is 11.3 Å². The highest BCUT2D eigenvalue weighted by atomic mass is 32.1. The molecule has 1 unspecified atom stereocenters. The van der Waals surface area contributed by atoms with Gasteiger partial charge in [-0.25, -0.2) is 4.79 Å². The molecule has 0 bridgehead atoms. The van der Waals surface area contributed by atoms with Gasteiger partial charge in [-0.2, -0.15) is 5.26 Å². The van der Waals surface area contributed by atoms with Crippen LogP contribution in [0.4, 0.5) is 9.80 Å². The molecule has 8 heteroatoms. The largest absolute Gasteiger partial charge is 0.325 e. The Hall–Kier alpha value is -2.40. The Balaban J connectivity index is 1.48. The molecular formula is C22H28N4O3S. The fourth-order valence-electron chi connectivity index (χ4n) is 4.75. The van der Waals surface area contributed by atoms with E-state index < -0.39 is 17.5 Å². The van der Waals surface area contributed by atoms with E-state index in [1.807, 2.05) is 0 Å². The van der Waals surface area contributed by atoms with E-state index in [1.54, 1.807) is 0 Å². The Morgan fingerprint density at radius 2 is 2.13 bits per heavy atom. The third-order valence-electron chi connectivity index (χ3n) is 7.40. The molecule has 4 amide bonds. The predicted molar refractivity (Wildman–Crippen MR) is 114 cm³/mol. The van der Waals surface area contributed by atoms with Crippen LogP contribution in [0.2, 0.25) is 0 Å². The second-order valence-electron chi connectivity index (χ2n) is 9.41. The van der Waals surface area contributed by atoms with E-state index in [0.29, 0.717) is 29.3 Å². The van der Waals surface area contributed by atoms with Crippen molar-refractivity contribution in [2.45, 2.75) is 71.3 Å². The van der Waals surface area contributed by atoms with Gasteiger partial charge in [-0.15, -0.1) is 11.3 Å². The van der Waals surface area contributed by atoms with Crippen molar-refractivity contribution in [3.05, 3.63) is 16.0 Å². The van der Waals surface area contributed by atoms with E-state index in [2.05, 4.69) is 37.5 Å². The normalized spacial score (nSPS) is 22.3. The Morgan fingerprint density at radius 1 is 1.40 bits per heavy atom. The molecule has 160 valence electrons. The van der Waals surface area contributed by atoms with Crippen LogP contribution >= 0.6 is 11.3 Å². The average molecular weight is 429 g/mol. The van der Waals surface area contributed by atoms with Gasteiger partial charge in [-0.05, 0) is 55.4 Å². The molecule has 1 spiro atoms. The molecule has 30 heavy (non-hydrogen) atoms. The molecule has 1 saturated carbocycles. The molecule has 1 atom stereocenters. The molecule has 2 fully saturated rings. The lowest BCUT2D eigenvalue weighted by Crippen LogP contribution is -2.52. The number of rotatable bonds is 5. The highest BCUT2D eigenvalue weighted by Gasteiger charge is 2.55. The van der Waals surface area contributed by atoms with Gasteiger partial charge in [0.15, 0.2) is 0 Å². The minimum atomic E-state index is -0.793. The average Bonchev–Trinajstić information content (AvgIpc) is 3.15. The van der Waals surface area contributed by atoms with E-state index in [4.69, 9.17) is 0 Å². The number of carbonyl (C=O) groups excluding carboxylic acids is 3. The number of thiophene rings is 1. The van der Waals surface area contributed by atoms with Gasteiger partial charge in [-0.1, -0.05) is 27.2 Å². The van der Waals surface area contributed by atoms with Gasteiger partial charge in [0, 0.05) is 4.88 Å². The Labute approximate surface area is 180 Å². The number of nitriles is 1. The van der Waals surface area contributed by atoms with Gasteiger partial charge in [-0.3, -0.25) is 14.5 Å². The summed E-state index contributed by atoms with van der Waals surface area (Å²) >= 11 is 1.46. The standard InChI is InChI=1S/C22H28N4O3S/c1-4-21(2,3)13-6-7-14-15(11-23)18(30-16(14)10-13)24-17(27)12-26-19(28)22(8-5-9-22)25-20(26)29/h13H,4-10,12H2,1-3H3,(H,24,27)(H,25,29). The van der Waals surface area contributed by atoms with Gasteiger partial charge >= 0.3 is 6.03 Å². The number of carbonyl (C=O) groups is 3. The summed E-state index contributed by atoms with van der Waals surface area (Å²) < 4.78 is 0. The van der Waals surface area contributed by atoms with Gasteiger partial charge < -0.3 is 10.6 Å². The monoisotopic (exact) mass is 428 g/mol. The summed E-state index contributed by atoms with van der Waals surface area (Å²) in [5.41, 5.74) is 1.02. The van der Waals surface area contributed by atoms with Crippen LogP contribution in [0.3, 0.4) is 0 Å². The molecule has 1 aliphatic heterocycles. The zero-order valence-electron chi connectivity index (χ0n) is 17.8. The van der Waals surface area contributed by atoms with Crippen molar-refractivity contribution in [3.63, 3.8) is 0 Å². The third kappa shape index (κ3) is 3.29. The zero-order valence-corrected chi connectivity index (χ0v) is 18.6. The maximum Gasteiger partial charge on any atom is 0.325 e. The molecule has 7 nitrogen and oxygen atoms in total. The number of hydrogen-bond acceptors (Lipinski definition) is 5. The zero-order chi connectivity index (χ0) is 21.7. The number of nitrogens with one attached hydrogen (secondary N) is 2. The smallest absolute Gasteiger partial charge is 0.323 e. The van der Waals surface area contributed by atoms with E-state index >= 15 is 0 Å². The first-order valence-electron chi connectivity index (χ1n) is 10.7. The number of urea groups is 1. The van der Waals surface area contributed by atoms with Crippen LogP contribution in [-0.4, -0.2) is 34.8 Å². The molecule has 4 rings (SSSR count). The fourth-order valence-corrected chi connectivity index (χ4v) is 6.04. The predicted octanol–water partition coefficient (Wildman–Crippen LogP) is 3.57. The third-order valence-corrected chi connectivity index (χ3v) is 8.57. The maximum absolute atomic E-state index is 12.6. The molecule has 0 radical (unpaired) electrons. The summed E-state index contributed by atoms with van der Waals surface area (Å²) in [5, 5.41) is 15.8. The molecule has 1 aromatic rings. The first-order chi connectivity index (χ1) is 14.2.